The summed E-state index contributed by atoms with van der Waals surface area (Å²) in [4.78, 5) is 7.25. The van der Waals surface area contributed by atoms with Crippen molar-refractivity contribution in [1.82, 2.24) is 9.97 Å². The molecule has 0 radical (unpaired) electrons. The molecule has 0 aliphatic heterocycles. The Balaban J connectivity index is 2.12. The first-order valence-corrected chi connectivity index (χ1v) is 7.04. The lowest BCUT2D eigenvalue weighted by Crippen LogP contribution is -1.98. The maximum Gasteiger partial charge on any atom is 0.149 e. The number of hydrogen-bond donors (Lipinski definition) is 1. The Morgan fingerprint density at radius 1 is 1.23 bits per heavy atom. The third-order valence-corrected chi connectivity index (χ3v) is 4.02. The molecule has 1 aromatic carbocycles. The molecule has 0 aliphatic carbocycles. The Bertz CT molecular complexity index is 878. The second-order valence-electron chi connectivity index (χ2n) is 5.42. The number of nitrogens with one attached hydrogen (secondary N) is 1. The minimum absolute atomic E-state index is 0.205. The lowest BCUT2D eigenvalue weighted by atomic mass is 9.99. The summed E-state index contributed by atoms with van der Waals surface area (Å²) in [5.41, 5.74) is 4.31. The molecule has 0 fully saturated rings. The highest BCUT2D eigenvalue weighted by molar-refractivity contribution is 5.88. The zero-order chi connectivity index (χ0) is 15.9. The molecule has 3 rings (SSSR count). The molecule has 3 aromatic rings. The summed E-state index contributed by atoms with van der Waals surface area (Å²) in [5.74, 6) is -0.732. The molecule has 0 amide bonds. The van der Waals surface area contributed by atoms with Gasteiger partial charge in [0.25, 0.3) is 0 Å². The molecule has 0 bridgehead atoms. The normalized spacial score (nSPS) is 11.1. The monoisotopic (exact) mass is 298 g/mol. The van der Waals surface area contributed by atoms with E-state index in [4.69, 9.17) is 0 Å². The van der Waals surface area contributed by atoms with Crippen LogP contribution in [0.25, 0.3) is 17.0 Å². The number of fused-ring (bicyclic) bond motifs is 1. The van der Waals surface area contributed by atoms with Gasteiger partial charge in [-0.25, -0.2) is 8.78 Å². The van der Waals surface area contributed by atoms with Gasteiger partial charge in [-0.2, -0.15) is 0 Å². The molecule has 2 heterocycles. The summed E-state index contributed by atoms with van der Waals surface area (Å²) in [7, 11) is 0. The van der Waals surface area contributed by atoms with Crippen LogP contribution in [0.4, 0.5) is 8.78 Å². The van der Waals surface area contributed by atoms with Crippen LogP contribution < -0.4 is 0 Å². The Morgan fingerprint density at radius 3 is 2.68 bits per heavy atom. The summed E-state index contributed by atoms with van der Waals surface area (Å²) in [6.45, 7) is 7.42. The number of aromatic amines is 1. The van der Waals surface area contributed by atoms with Crippen LogP contribution in [0.1, 0.15) is 28.1 Å². The molecule has 112 valence electrons. The van der Waals surface area contributed by atoms with E-state index >= 15 is 0 Å². The van der Waals surface area contributed by atoms with Crippen molar-refractivity contribution in [2.24, 2.45) is 0 Å². The van der Waals surface area contributed by atoms with Gasteiger partial charge in [0.15, 0.2) is 0 Å². The molecule has 22 heavy (non-hydrogen) atoms. The van der Waals surface area contributed by atoms with Crippen molar-refractivity contribution in [1.29, 1.82) is 0 Å². The number of pyridine rings is 1. The first-order chi connectivity index (χ1) is 10.5. The summed E-state index contributed by atoms with van der Waals surface area (Å²) >= 11 is 0. The molecule has 0 atom stereocenters. The van der Waals surface area contributed by atoms with Crippen molar-refractivity contribution >= 4 is 17.0 Å². The van der Waals surface area contributed by atoms with Gasteiger partial charge in [-0.3, -0.25) is 4.98 Å². The molecule has 1 N–H and O–H groups in total. The van der Waals surface area contributed by atoms with Crippen LogP contribution in [0.3, 0.4) is 0 Å². The van der Waals surface area contributed by atoms with E-state index < -0.39 is 5.82 Å². The highest BCUT2D eigenvalue weighted by atomic mass is 19.1. The van der Waals surface area contributed by atoms with Crippen molar-refractivity contribution in [2.75, 3.05) is 0 Å². The zero-order valence-corrected chi connectivity index (χ0v) is 12.5. The minimum atomic E-state index is -0.443. The van der Waals surface area contributed by atoms with Gasteiger partial charge in [0.1, 0.15) is 11.6 Å². The topological polar surface area (TPSA) is 28.7 Å². The smallest absolute Gasteiger partial charge is 0.149 e. The van der Waals surface area contributed by atoms with E-state index in [0.29, 0.717) is 17.5 Å². The summed E-state index contributed by atoms with van der Waals surface area (Å²) in [5, 5.41) is 0.866. The van der Waals surface area contributed by atoms with E-state index in [9.17, 15) is 8.78 Å². The predicted molar refractivity (Wildman–Crippen MR) is 84.8 cm³/mol. The third-order valence-electron chi connectivity index (χ3n) is 4.02. The SMILES string of the molecule is C=Cc1ncc(Cc2c(F)ccc3[nH]c(C)c(C)c23)cc1F. The Hall–Kier alpha value is -2.49. The molecule has 0 unspecified atom stereocenters. The van der Waals surface area contributed by atoms with E-state index in [1.54, 1.807) is 12.3 Å². The van der Waals surface area contributed by atoms with Crippen LogP contribution >= 0.6 is 0 Å². The van der Waals surface area contributed by atoms with Gasteiger partial charge in [-0.1, -0.05) is 6.58 Å². The Morgan fingerprint density at radius 2 is 2.00 bits per heavy atom. The number of aryl methyl sites for hydroxylation is 2. The molecule has 2 nitrogen and oxygen atoms in total. The Kier molecular flexibility index (Phi) is 3.53. The second-order valence-corrected chi connectivity index (χ2v) is 5.42. The number of rotatable bonds is 3. The second kappa shape index (κ2) is 5.37. The maximum absolute atomic E-state index is 14.3. The van der Waals surface area contributed by atoms with E-state index in [-0.39, 0.29) is 11.5 Å². The lowest BCUT2D eigenvalue weighted by Gasteiger charge is -2.08. The Labute approximate surface area is 127 Å². The molecule has 0 saturated heterocycles. The highest BCUT2D eigenvalue weighted by Crippen LogP contribution is 2.29. The quantitative estimate of drug-likeness (QED) is 0.746. The molecule has 0 aliphatic rings. The van der Waals surface area contributed by atoms with Gasteiger partial charge in [-0.15, -0.1) is 0 Å². The summed E-state index contributed by atoms with van der Waals surface area (Å²) in [6, 6.07) is 4.56. The van der Waals surface area contributed by atoms with E-state index in [1.165, 1.54) is 18.2 Å². The van der Waals surface area contributed by atoms with Crippen molar-refractivity contribution in [3.63, 3.8) is 0 Å². The van der Waals surface area contributed by atoms with Crippen LogP contribution in [0.15, 0.2) is 31.0 Å². The fraction of sp³-hybridized carbons (Fsp3) is 0.167. The first-order valence-electron chi connectivity index (χ1n) is 7.04. The van der Waals surface area contributed by atoms with Gasteiger partial charge < -0.3 is 4.98 Å². The van der Waals surface area contributed by atoms with Crippen molar-refractivity contribution in [2.45, 2.75) is 20.3 Å². The number of nitrogens with zero attached hydrogens (tertiary/aromatic N) is 1. The van der Waals surface area contributed by atoms with Gasteiger partial charge in [0.2, 0.25) is 0 Å². The standard InChI is InChI=1S/C18H16F2N2/c1-4-16-15(20)8-12(9-21-16)7-13-14(19)5-6-17-18(13)10(2)11(3)22-17/h4-6,8-9,22H,1,7H2,2-3H3. The minimum Gasteiger partial charge on any atom is -0.358 e. The average molecular weight is 298 g/mol. The van der Waals surface area contributed by atoms with Crippen LogP contribution in [0.5, 0.6) is 0 Å². The van der Waals surface area contributed by atoms with Crippen LogP contribution in [-0.4, -0.2) is 9.97 Å². The van der Waals surface area contributed by atoms with Gasteiger partial charge >= 0.3 is 0 Å². The largest absolute Gasteiger partial charge is 0.358 e. The number of aromatic nitrogens is 2. The third kappa shape index (κ3) is 2.30. The maximum atomic E-state index is 14.3. The van der Waals surface area contributed by atoms with Crippen molar-refractivity contribution in [3.8, 4) is 0 Å². The summed E-state index contributed by atoms with van der Waals surface area (Å²) in [6.07, 6.45) is 3.22. The fourth-order valence-electron chi connectivity index (χ4n) is 2.75. The van der Waals surface area contributed by atoms with Crippen LogP contribution in [0, 0.1) is 25.5 Å². The molecule has 2 aromatic heterocycles. The van der Waals surface area contributed by atoms with Crippen LogP contribution in [-0.2, 0) is 6.42 Å². The van der Waals surface area contributed by atoms with Crippen LogP contribution in [0.2, 0.25) is 0 Å². The van der Waals surface area contributed by atoms with Crippen molar-refractivity contribution in [3.05, 3.63) is 70.7 Å². The molecular formula is C18H16F2N2. The molecule has 4 heteroatoms. The summed E-state index contributed by atoms with van der Waals surface area (Å²) < 4.78 is 28.1. The van der Waals surface area contributed by atoms with Gasteiger partial charge in [0, 0.05) is 34.8 Å². The predicted octanol–water partition coefficient (Wildman–Crippen LogP) is 4.69. The van der Waals surface area contributed by atoms with E-state index in [2.05, 4.69) is 16.5 Å². The highest BCUT2D eigenvalue weighted by Gasteiger charge is 2.14. The fourth-order valence-corrected chi connectivity index (χ4v) is 2.75. The molecular weight excluding hydrogens is 282 g/mol. The van der Waals surface area contributed by atoms with Crippen molar-refractivity contribution < 1.29 is 8.78 Å². The average Bonchev–Trinajstić information content (AvgIpc) is 2.78. The zero-order valence-electron chi connectivity index (χ0n) is 12.5. The number of benzene rings is 1. The molecule has 0 saturated carbocycles. The number of hydrogen-bond acceptors (Lipinski definition) is 1. The number of halogens is 2. The number of H-pyrrole nitrogens is 1. The van der Waals surface area contributed by atoms with E-state index in [1.807, 2.05) is 13.8 Å². The molecule has 0 spiro atoms. The van der Waals surface area contributed by atoms with Gasteiger partial charge in [0.05, 0.1) is 5.69 Å². The lowest BCUT2D eigenvalue weighted by molar-refractivity contribution is 0.609. The van der Waals surface area contributed by atoms with Gasteiger partial charge in [-0.05, 0) is 49.2 Å². The van der Waals surface area contributed by atoms with E-state index in [0.717, 1.165) is 22.2 Å². The first kappa shape index (κ1) is 14.4.